The fourth-order valence-corrected chi connectivity index (χ4v) is 10.8. The van der Waals surface area contributed by atoms with Crippen LogP contribution < -0.4 is 21.3 Å². The lowest BCUT2D eigenvalue weighted by Crippen LogP contribution is -2.82. The number of nitrogens with two attached hydrogens (primary N) is 4. The Labute approximate surface area is 406 Å². The van der Waals surface area contributed by atoms with Gasteiger partial charge in [-0.05, 0) is 75.6 Å². The Bertz CT molecular complexity index is 1870. The summed E-state index contributed by atoms with van der Waals surface area (Å²) in [6.45, 7) is 20.8. The smallest absolute Gasteiger partial charge is 0.132 e. The molecule has 0 aliphatic heterocycles. The molecule has 68 heavy (non-hydrogen) atoms. The van der Waals surface area contributed by atoms with Crippen LogP contribution >= 0.6 is 0 Å². The van der Waals surface area contributed by atoms with Crippen molar-refractivity contribution < 1.29 is 62.1 Å². The summed E-state index contributed by atoms with van der Waals surface area (Å²) >= 11 is 0. The van der Waals surface area contributed by atoms with Gasteiger partial charge in [-0.1, -0.05) is 81.1 Å². The molecule has 0 spiro atoms. The minimum absolute atomic E-state index is 0.0473. The highest BCUT2D eigenvalue weighted by Crippen LogP contribution is 2.55. The van der Waals surface area contributed by atoms with Crippen LogP contribution in [0.25, 0.3) is 0 Å². The molecule has 0 saturated heterocycles. The summed E-state index contributed by atoms with van der Waals surface area (Å²) in [6.07, 6.45) is 8.32. The molecular formula is C56H88N4O8+4. The van der Waals surface area contributed by atoms with Gasteiger partial charge in [-0.25, -0.2) is 0 Å². The number of aromatic hydroxyl groups is 8. The molecule has 12 nitrogen and oxygen atoms in total. The molecule has 0 unspecified atom stereocenters. The van der Waals surface area contributed by atoms with Gasteiger partial charge in [0.1, 0.15) is 72.2 Å². The van der Waals surface area contributed by atoms with Crippen molar-refractivity contribution in [3.05, 3.63) is 91.0 Å². The maximum absolute atomic E-state index is 12.6. The lowest BCUT2D eigenvalue weighted by atomic mass is 9.75. The zero-order valence-corrected chi connectivity index (χ0v) is 42.6. The van der Waals surface area contributed by atoms with Crippen molar-refractivity contribution in [2.24, 2.45) is 0 Å². The normalized spacial score (nSPS) is 16.9. The number of hydrogen-bond acceptors (Lipinski definition) is 8. The Kier molecular flexibility index (Phi) is 20.4. The zero-order valence-electron chi connectivity index (χ0n) is 42.6. The van der Waals surface area contributed by atoms with Gasteiger partial charge in [0.2, 0.25) is 0 Å². The van der Waals surface area contributed by atoms with E-state index in [1.54, 1.807) is 0 Å². The van der Waals surface area contributed by atoms with Crippen molar-refractivity contribution >= 4 is 0 Å². The van der Waals surface area contributed by atoms with E-state index in [1.807, 2.05) is 24.3 Å². The van der Waals surface area contributed by atoms with Crippen LogP contribution in [0.1, 0.15) is 223 Å². The predicted molar refractivity (Wildman–Crippen MR) is 269 cm³/mol. The molecule has 5 rings (SSSR count). The number of quaternary nitrogens is 4. The SMILES string of the molecule is CCC[NH2+]Cc1c(O)c2cc(c1O)C(CCC)c1cc(c(O)c(C[NH2+]CCC)c1O)C(CCC)c1cc(c(O)c(C[NH2+]CCC)c1O)C(CCC)c1cc(c(O)c(C[NH2+]CCC)c1O)C2CCC. The highest BCUT2D eigenvalue weighted by Gasteiger charge is 2.37. The standard InChI is InChI=1S/C56H84N4O8/c1-9-17-33-37-25-39(51(63)45(49(37)61)29-57-21-13-5)34(18-10-2)41-27-43(55(67)47(53(41)65)31-59-23-15-7)36(20-12-4)44-28-42(54(66)48(56(44)68)32-60-24-16-8)35(19-11-3)40-26-38(33)50(62)46(52(40)64)30-58-22-14-6/h25-28,33-36,57-68H,9-24,29-32H2,1-8H3/p+4. The van der Waals surface area contributed by atoms with Crippen LogP contribution in [0.5, 0.6) is 46.0 Å². The van der Waals surface area contributed by atoms with Crippen LogP contribution in [-0.4, -0.2) is 67.0 Å². The van der Waals surface area contributed by atoms with E-state index in [0.717, 1.165) is 51.9 Å². The first kappa shape index (κ1) is 54.1. The number of benzene rings is 4. The van der Waals surface area contributed by atoms with Crippen molar-refractivity contribution in [2.75, 3.05) is 26.2 Å². The molecule has 1 aliphatic carbocycles. The molecule has 0 amide bonds. The fraction of sp³-hybridized carbons (Fsp3) is 0.571. The van der Waals surface area contributed by atoms with E-state index in [0.29, 0.717) is 144 Å². The Morgan fingerprint density at radius 1 is 0.279 bits per heavy atom. The van der Waals surface area contributed by atoms with Gasteiger partial charge in [-0.2, -0.15) is 0 Å². The van der Waals surface area contributed by atoms with Gasteiger partial charge in [0.15, 0.2) is 0 Å². The van der Waals surface area contributed by atoms with Crippen LogP contribution in [0.4, 0.5) is 0 Å². The van der Waals surface area contributed by atoms with Gasteiger partial charge in [0.25, 0.3) is 0 Å². The Morgan fingerprint density at radius 2 is 0.441 bits per heavy atom. The van der Waals surface area contributed by atoms with Crippen LogP contribution in [0, 0.1) is 0 Å². The van der Waals surface area contributed by atoms with E-state index < -0.39 is 23.7 Å². The van der Waals surface area contributed by atoms with E-state index >= 15 is 0 Å². The van der Waals surface area contributed by atoms with E-state index in [9.17, 15) is 40.9 Å². The van der Waals surface area contributed by atoms with Gasteiger partial charge < -0.3 is 62.1 Å². The molecule has 0 atom stereocenters. The monoisotopic (exact) mass is 945 g/mol. The first-order valence-electron chi connectivity index (χ1n) is 26.4. The summed E-state index contributed by atoms with van der Waals surface area (Å²) in [5.74, 6) is -2.74. The number of fused-ring (bicyclic) bond motifs is 8. The zero-order chi connectivity index (χ0) is 49.7. The number of rotatable bonds is 24. The number of phenolic OH excluding ortho intramolecular Hbond substituents is 8. The van der Waals surface area contributed by atoms with Crippen molar-refractivity contribution in [1.29, 1.82) is 0 Å². The Balaban J connectivity index is 2.11. The topological polar surface area (TPSA) is 228 Å². The molecule has 0 fully saturated rings. The van der Waals surface area contributed by atoms with Crippen molar-refractivity contribution in [2.45, 2.75) is 182 Å². The molecule has 8 bridgehead atoms. The lowest BCUT2D eigenvalue weighted by molar-refractivity contribution is -0.670. The van der Waals surface area contributed by atoms with Crippen LogP contribution in [0.15, 0.2) is 24.3 Å². The lowest BCUT2D eigenvalue weighted by Gasteiger charge is -2.31. The summed E-state index contributed by atoms with van der Waals surface area (Å²) in [7, 11) is 0. The Hall–Kier alpha value is -4.88. The van der Waals surface area contributed by atoms with Gasteiger partial charge >= 0.3 is 0 Å². The maximum atomic E-state index is 12.6. The quantitative estimate of drug-likeness (QED) is 0.0319. The molecular weight excluding hydrogens is 857 g/mol. The third-order valence-electron chi connectivity index (χ3n) is 14.4. The van der Waals surface area contributed by atoms with Gasteiger partial charge in [0, 0.05) is 68.2 Å². The van der Waals surface area contributed by atoms with E-state index in [4.69, 9.17) is 0 Å². The summed E-state index contributed by atoms with van der Waals surface area (Å²) < 4.78 is 0. The minimum atomic E-state index is -0.591. The second-order valence-electron chi connectivity index (χ2n) is 19.4. The van der Waals surface area contributed by atoms with Crippen LogP contribution in [0.2, 0.25) is 0 Å². The predicted octanol–water partition coefficient (Wildman–Crippen LogP) is 7.27. The molecule has 4 aromatic rings. The second kappa shape index (κ2) is 25.6. The third kappa shape index (κ3) is 11.4. The molecule has 376 valence electrons. The third-order valence-corrected chi connectivity index (χ3v) is 14.4. The van der Waals surface area contributed by atoms with Crippen LogP contribution in [0.3, 0.4) is 0 Å². The van der Waals surface area contributed by atoms with Crippen molar-refractivity contribution in [3.8, 4) is 46.0 Å². The molecule has 0 radical (unpaired) electrons. The molecule has 16 N–H and O–H groups in total. The van der Waals surface area contributed by atoms with Crippen LogP contribution in [-0.2, 0) is 26.2 Å². The fourth-order valence-electron chi connectivity index (χ4n) is 10.8. The Morgan fingerprint density at radius 3 is 0.574 bits per heavy atom. The molecule has 0 heterocycles. The average molecular weight is 945 g/mol. The molecule has 0 aromatic heterocycles. The second-order valence-corrected chi connectivity index (χ2v) is 19.4. The summed E-state index contributed by atoms with van der Waals surface area (Å²) in [5.41, 5.74) is 5.83. The highest BCUT2D eigenvalue weighted by atomic mass is 16.3. The number of phenols is 8. The largest absolute Gasteiger partial charge is 0.507 e. The first-order chi connectivity index (χ1) is 32.8. The average Bonchev–Trinajstić information content (AvgIpc) is 3.31. The van der Waals surface area contributed by atoms with Crippen molar-refractivity contribution in [1.82, 2.24) is 0 Å². The summed E-state index contributed by atoms with van der Waals surface area (Å²) in [5, 5.41) is 109. The molecule has 12 heteroatoms. The highest BCUT2D eigenvalue weighted by molar-refractivity contribution is 5.67. The molecule has 0 saturated carbocycles. The van der Waals surface area contributed by atoms with Gasteiger partial charge in [-0.15, -0.1) is 0 Å². The molecule has 1 aliphatic rings. The van der Waals surface area contributed by atoms with E-state index in [-0.39, 0.29) is 46.0 Å². The summed E-state index contributed by atoms with van der Waals surface area (Å²) in [6, 6.07) is 7.49. The molecule has 4 aromatic carbocycles. The van der Waals surface area contributed by atoms with Crippen molar-refractivity contribution in [3.63, 3.8) is 0 Å². The van der Waals surface area contributed by atoms with E-state index in [1.165, 1.54) is 0 Å². The van der Waals surface area contributed by atoms with Gasteiger partial charge in [-0.3, -0.25) is 0 Å². The number of hydrogen-bond donors (Lipinski definition) is 12. The first-order valence-corrected chi connectivity index (χ1v) is 26.4. The maximum Gasteiger partial charge on any atom is 0.132 e. The van der Waals surface area contributed by atoms with Gasteiger partial charge in [0.05, 0.1) is 48.4 Å². The summed E-state index contributed by atoms with van der Waals surface area (Å²) in [4.78, 5) is 0. The van der Waals surface area contributed by atoms with E-state index in [2.05, 4.69) is 76.7 Å². The minimum Gasteiger partial charge on any atom is -0.507 e.